The summed E-state index contributed by atoms with van der Waals surface area (Å²) in [6.45, 7) is 4.01. The van der Waals surface area contributed by atoms with Crippen molar-refractivity contribution in [3.05, 3.63) is 89.0 Å². The molecular formula is C36H39F2N7. The summed E-state index contributed by atoms with van der Waals surface area (Å²) in [5.41, 5.74) is 5.31. The van der Waals surface area contributed by atoms with Gasteiger partial charge in [0, 0.05) is 40.9 Å². The van der Waals surface area contributed by atoms with E-state index in [0.29, 0.717) is 30.1 Å². The zero-order chi connectivity index (χ0) is 31.3. The Balaban J connectivity index is 0.000000845. The molecule has 0 saturated heterocycles. The molecule has 1 atom stereocenters. The lowest BCUT2D eigenvalue weighted by Crippen LogP contribution is -2.20. The van der Waals surface area contributed by atoms with Crippen LogP contribution in [0.3, 0.4) is 0 Å². The number of aromatic nitrogens is 6. The van der Waals surface area contributed by atoms with Crippen molar-refractivity contribution >= 4 is 21.8 Å². The summed E-state index contributed by atoms with van der Waals surface area (Å²) < 4.78 is 28.5. The molecule has 2 aromatic carbocycles. The van der Waals surface area contributed by atoms with E-state index >= 15 is 0 Å². The zero-order valence-corrected chi connectivity index (χ0v) is 25.9. The van der Waals surface area contributed by atoms with Gasteiger partial charge in [-0.1, -0.05) is 19.1 Å². The van der Waals surface area contributed by atoms with Crippen molar-refractivity contribution in [2.24, 2.45) is 5.92 Å². The van der Waals surface area contributed by atoms with Gasteiger partial charge in [-0.2, -0.15) is 10.5 Å². The summed E-state index contributed by atoms with van der Waals surface area (Å²) >= 11 is 0. The first kappa shape index (κ1) is 30.7. The summed E-state index contributed by atoms with van der Waals surface area (Å²) in [5.74, 6) is 2.25. The second-order valence-corrected chi connectivity index (χ2v) is 12.6. The number of benzene rings is 2. The Morgan fingerprint density at radius 2 is 1.42 bits per heavy atom. The van der Waals surface area contributed by atoms with E-state index in [0.717, 1.165) is 84.7 Å². The molecule has 7 rings (SSSR count). The monoisotopic (exact) mass is 607 g/mol. The quantitative estimate of drug-likeness (QED) is 0.214. The zero-order valence-electron chi connectivity index (χ0n) is 25.9. The molecule has 45 heavy (non-hydrogen) atoms. The minimum Gasteiger partial charge on any atom is -0.256 e. The molecule has 3 heterocycles. The molecule has 0 radical (unpaired) electrons. The number of hydrogen-bond acceptors (Lipinski definition) is 6. The predicted octanol–water partition coefficient (Wildman–Crippen LogP) is 9.01. The smallest absolute Gasteiger partial charge is 0.177 e. The highest BCUT2D eigenvalue weighted by Gasteiger charge is 2.31. The van der Waals surface area contributed by atoms with Gasteiger partial charge in [0.1, 0.15) is 11.6 Å². The highest BCUT2D eigenvalue weighted by atomic mass is 19.1. The van der Waals surface area contributed by atoms with Gasteiger partial charge in [0.2, 0.25) is 0 Å². The number of nitriles is 1. The maximum atomic E-state index is 14.4. The number of aromatic amines is 1. The number of nitrogens with one attached hydrogen (secondary N) is 1. The van der Waals surface area contributed by atoms with Gasteiger partial charge in [0.05, 0.1) is 17.1 Å². The lowest BCUT2D eigenvalue weighted by Gasteiger charge is -2.33. The SMILES string of the molecule is CC(c1nn[nH]n1)C1CCC(c2cc(C3CCC(c4ccnc5ccc(F)cc45)CC3)nc3ccc(F)cc23)CC1.CCC#N. The predicted molar refractivity (Wildman–Crippen MR) is 171 cm³/mol. The molecule has 7 nitrogen and oxygen atoms in total. The molecule has 1 N–H and O–H groups in total. The van der Waals surface area contributed by atoms with Gasteiger partial charge in [0.25, 0.3) is 0 Å². The molecule has 2 aliphatic carbocycles. The third-order valence-electron chi connectivity index (χ3n) is 9.99. The van der Waals surface area contributed by atoms with Crippen molar-refractivity contribution in [3.63, 3.8) is 0 Å². The Morgan fingerprint density at radius 3 is 2.07 bits per heavy atom. The molecule has 1 unspecified atom stereocenters. The number of halogens is 2. The lowest BCUT2D eigenvalue weighted by molar-refractivity contribution is 0.285. The second kappa shape index (κ2) is 13.8. The summed E-state index contributed by atoms with van der Waals surface area (Å²) in [6.07, 6.45) is 10.8. The van der Waals surface area contributed by atoms with Crippen LogP contribution in [0.15, 0.2) is 54.7 Å². The van der Waals surface area contributed by atoms with Crippen LogP contribution >= 0.6 is 0 Å². The number of rotatable bonds is 5. The van der Waals surface area contributed by atoms with E-state index in [4.69, 9.17) is 10.2 Å². The highest BCUT2D eigenvalue weighted by molar-refractivity contribution is 5.84. The Bertz CT molecular complexity index is 1780. The van der Waals surface area contributed by atoms with Crippen LogP contribution in [0.4, 0.5) is 8.78 Å². The van der Waals surface area contributed by atoms with Crippen LogP contribution < -0.4 is 0 Å². The summed E-state index contributed by atoms with van der Waals surface area (Å²) in [5, 5.41) is 24.2. The molecule has 5 aromatic rings. The number of pyridine rings is 2. The Hall–Kier alpha value is -4.32. The summed E-state index contributed by atoms with van der Waals surface area (Å²) in [7, 11) is 0. The maximum absolute atomic E-state index is 14.4. The van der Waals surface area contributed by atoms with E-state index in [1.807, 2.05) is 25.3 Å². The van der Waals surface area contributed by atoms with Gasteiger partial charge in [0.15, 0.2) is 5.82 Å². The van der Waals surface area contributed by atoms with E-state index in [-0.39, 0.29) is 17.6 Å². The van der Waals surface area contributed by atoms with Crippen LogP contribution in [-0.2, 0) is 0 Å². The first-order chi connectivity index (χ1) is 21.9. The van der Waals surface area contributed by atoms with Crippen LogP contribution in [-0.4, -0.2) is 30.6 Å². The Morgan fingerprint density at radius 1 is 0.822 bits per heavy atom. The van der Waals surface area contributed by atoms with Crippen LogP contribution in [0.2, 0.25) is 0 Å². The van der Waals surface area contributed by atoms with Crippen molar-refractivity contribution in [1.29, 1.82) is 5.26 Å². The molecule has 0 aliphatic heterocycles. The number of hydrogen-bond donors (Lipinski definition) is 1. The molecule has 9 heteroatoms. The van der Waals surface area contributed by atoms with Gasteiger partial charge in [-0.25, -0.2) is 8.78 Å². The Kier molecular flexibility index (Phi) is 9.39. The van der Waals surface area contributed by atoms with Gasteiger partial charge in [-0.3, -0.25) is 9.97 Å². The third-order valence-corrected chi connectivity index (χ3v) is 9.99. The number of tetrazole rings is 1. The molecule has 0 amide bonds. The van der Waals surface area contributed by atoms with Crippen molar-refractivity contribution < 1.29 is 8.78 Å². The molecule has 2 aliphatic rings. The van der Waals surface area contributed by atoms with E-state index in [1.165, 1.54) is 23.3 Å². The molecule has 0 bridgehead atoms. The fourth-order valence-electron chi connectivity index (χ4n) is 7.49. The van der Waals surface area contributed by atoms with Crippen molar-refractivity contribution in [2.75, 3.05) is 0 Å². The topological polar surface area (TPSA) is 104 Å². The van der Waals surface area contributed by atoms with Crippen LogP contribution in [0.1, 0.15) is 118 Å². The van der Waals surface area contributed by atoms with Crippen molar-refractivity contribution in [2.45, 2.75) is 95.3 Å². The number of H-pyrrole nitrogens is 1. The van der Waals surface area contributed by atoms with Crippen molar-refractivity contribution in [1.82, 2.24) is 30.6 Å². The fourth-order valence-corrected chi connectivity index (χ4v) is 7.49. The minimum absolute atomic E-state index is 0.214. The van der Waals surface area contributed by atoms with Gasteiger partial charge >= 0.3 is 0 Å². The van der Waals surface area contributed by atoms with Crippen molar-refractivity contribution in [3.8, 4) is 6.07 Å². The average Bonchev–Trinajstić information content (AvgIpc) is 3.63. The third kappa shape index (κ3) is 6.70. The van der Waals surface area contributed by atoms with Gasteiger partial charge < -0.3 is 0 Å². The standard InChI is InChI=1S/C33H34F2N6.C3H5N/c1-19(33-38-40-41-39-33)20-2-4-22(5-3-20)27-18-32(37-31-13-11-25(35)17-29(27)31)23-8-6-21(7-9-23)26-14-15-36-30-12-10-24(34)16-28(26)30;1-2-3-4/h10-23H,2-9H2,1H3,(H,38,39,40,41);2H2,1H3. The normalized spacial score (nSPS) is 22.4. The maximum Gasteiger partial charge on any atom is 0.177 e. The first-order valence-electron chi connectivity index (χ1n) is 16.2. The van der Waals surface area contributed by atoms with Gasteiger partial charge in [-0.05, 0) is 129 Å². The molecule has 2 fully saturated rings. The highest BCUT2D eigenvalue weighted by Crippen LogP contribution is 2.46. The number of nitrogens with zero attached hydrogens (tertiary/aromatic N) is 6. The first-order valence-corrected chi connectivity index (χ1v) is 16.2. The largest absolute Gasteiger partial charge is 0.256 e. The van der Waals surface area contributed by atoms with Crippen LogP contribution in [0, 0.1) is 28.9 Å². The number of fused-ring (bicyclic) bond motifs is 2. The van der Waals surface area contributed by atoms with Crippen LogP contribution in [0.25, 0.3) is 21.8 Å². The molecule has 3 aromatic heterocycles. The minimum atomic E-state index is -0.219. The van der Waals surface area contributed by atoms with E-state index in [9.17, 15) is 8.78 Å². The second-order valence-electron chi connectivity index (χ2n) is 12.6. The van der Waals surface area contributed by atoms with E-state index < -0.39 is 0 Å². The molecule has 232 valence electrons. The fraction of sp³-hybridized carbons (Fsp3) is 0.444. The Labute approximate surface area is 262 Å². The van der Waals surface area contributed by atoms with E-state index in [1.54, 1.807) is 18.2 Å². The molecule has 0 spiro atoms. The summed E-state index contributed by atoms with van der Waals surface area (Å²) in [6, 6.07) is 16.2. The average molecular weight is 608 g/mol. The lowest BCUT2D eigenvalue weighted by atomic mass is 9.72. The van der Waals surface area contributed by atoms with E-state index in [2.05, 4.69) is 44.7 Å². The molecular weight excluding hydrogens is 568 g/mol. The van der Waals surface area contributed by atoms with Gasteiger partial charge in [-0.15, -0.1) is 10.2 Å². The molecule has 2 saturated carbocycles. The summed E-state index contributed by atoms with van der Waals surface area (Å²) in [4.78, 5) is 9.52. The van der Waals surface area contributed by atoms with Crippen LogP contribution in [0.5, 0.6) is 0 Å².